The Morgan fingerprint density at radius 2 is 2.06 bits per heavy atom. The molecule has 0 saturated carbocycles. The standard InChI is InChI=1S/C14H17NO2/c1-4-17-13-8-6-5-7-11(13)14(16)12(9-15)10(2)3/h5-8,10,12H,4H2,1-3H3. The molecule has 0 amide bonds. The number of para-hydroxylation sites is 1. The molecule has 0 aliphatic carbocycles. The van der Waals surface area contributed by atoms with Crippen molar-refractivity contribution in [1.82, 2.24) is 0 Å². The number of Topliss-reactive ketones (excluding diaryl/α,β-unsaturated/α-hetero) is 1. The zero-order valence-electron chi connectivity index (χ0n) is 10.4. The Morgan fingerprint density at radius 1 is 1.41 bits per heavy atom. The Bertz CT molecular complexity index is 432. The molecule has 1 rings (SSSR count). The van der Waals surface area contributed by atoms with Gasteiger partial charge in [0.2, 0.25) is 0 Å². The quantitative estimate of drug-likeness (QED) is 0.732. The Morgan fingerprint density at radius 3 is 2.59 bits per heavy atom. The summed E-state index contributed by atoms with van der Waals surface area (Å²) in [7, 11) is 0. The molecular weight excluding hydrogens is 214 g/mol. The Hall–Kier alpha value is -1.82. The molecule has 90 valence electrons. The molecule has 17 heavy (non-hydrogen) atoms. The molecular formula is C14H17NO2. The van der Waals surface area contributed by atoms with Crippen molar-refractivity contribution in [1.29, 1.82) is 5.26 Å². The summed E-state index contributed by atoms with van der Waals surface area (Å²) < 4.78 is 5.40. The van der Waals surface area contributed by atoms with Crippen molar-refractivity contribution in [2.45, 2.75) is 20.8 Å². The molecule has 1 aromatic carbocycles. The highest BCUT2D eigenvalue weighted by Gasteiger charge is 2.25. The molecule has 1 aromatic rings. The lowest BCUT2D eigenvalue weighted by atomic mass is 9.89. The third-order valence-electron chi connectivity index (χ3n) is 2.54. The predicted octanol–water partition coefficient (Wildman–Crippen LogP) is 3.06. The third kappa shape index (κ3) is 3.07. The molecule has 1 atom stereocenters. The van der Waals surface area contributed by atoms with Crippen LogP contribution in [0.1, 0.15) is 31.1 Å². The van der Waals surface area contributed by atoms with Crippen LogP contribution in [0.5, 0.6) is 5.75 Å². The van der Waals surface area contributed by atoms with Crippen molar-refractivity contribution >= 4 is 5.78 Å². The lowest BCUT2D eigenvalue weighted by Crippen LogP contribution is -2.19. The minimum absolute atomic E-state index is 0.00202. The van der Waals surface area contributed by atoms with Gasteiger partial charge in [-0.15, -0.1) is 0 Å². The van der Waals surface area contributed by atoms with E-state index in [1.807, 2.05) is 26.8 Å². The van der Waals surface area contributed by atoms with E-state index in [0.717, 1.165) is 0 Å². The molecule has 0 heterocycles. The Kier molecular flexibility index (Phi) is 4.71. The maximum atomic E-state index is 12.2. The highest BCUT2D eigenvalue weighted by molar-refractivity contribution is 6.01. The first-order chi connectivity index (χ1) is 8.11. The normalized spacial score (nSPS) is 11.9. The fraction of sp³-hybridized carbons (Fsp3) is 0.429. The number of benzene rings is 1. The zero-order valence-corrected chi connectivity index (χ0v) is 10.4. The van der Waals surface area contributed by atoms with E-state index in [1.165, 1.54) is 0 Å². The summed E-state index contributed by atoms with van der Waals surface area (Å²) in [5.74, 6) is -0.216. The van der Waals surface area contributed by atoms with Crippen LogP contribution < -0.4 is 4.74 Å². The molecule has 0 radical (unpaired) electrons. The first-order valence-electron chi connectivity index (χ1n) is 5.77. The number of nitriles is 1. The van der Waals surface area contributed by atoms with Crippen LogP contribution in [0.3, 0.4) is 0 Å². The van der Waals surface area contributed by atoms with Gasteiger partial charge in [-0.3, -0.25) is 4.79 Å². The smallest absolute Gasteiger partial charge is 0.183 e. The SMILES string of the molecule is CCOc1ccccc1C(=O)C(C#N)C(C)C. The van der Waals surface area contributed by atoms with Crippen LogP contribution in [0.15, 0.2) is 24.3 Å². The molecule has 0 saturated heterocycles. The summed E-state index contributed by atoms with van der Waals surface area (Å²) in [6, 6.07) is 9.13. The average molecular weight is 231 g/mol. The van der Waals surface area contributed by atoms with E-state index in [4.69, 9.17) is 10.00 Å². The summed E-state index contributed by atoms with van der Waals surface area (Å²) in [5.41, 5.74) is 0.495. The minimum Gasteiger partial charge on any atom is -0.493 e. The minimum atomic E-state index is -0.614. The molecule has 3 nitrogen and oxygen atoms in total. The largest absolute Gasteiger partial charge is 0.493 e. The summed E-state index contributed by atoms with van der Waals surface area (Å²) in [4.78, 5) is 12.2. The summed E-state index contributed by atoms with van der Waals surface area (Å²) >= 11 is 0. The molecule has 0 bridgehead atoms. The number of rotatable bonds is 5. The first-order valence-corrected chi connectivity index (χ1v) is 5.77. The number of ether oxygens (including phenoxy) is 1. The zero-order chi connectivity index (χ0) is 12.8. The highest BCUT2D eigenvalue weighted by Crippen LogP contribution is 2.24. The van der Waals surface area contributed by atoms with Crippen molar-refractivity contribution < 1.29 is 9.53 Å². The maximum absolute atomic E-state index is 12.2. The van der Waals surface area contributed by atoms with Crippen LogP contribution >= 0.6 is 0 Å². The number of carbonyl (C=O) groups excluding carboxylic acids is 1. The van der Waals surface area contributed by atoms with Crippen molar-refractivity contribution in [2.75, 3.05) is 6.61 Å². The van der Waals surface area contributed by atoms with Gasteiger partial charge in [-0.1, -0.05) is 26.0 Å². The van der Waals surface area contributed by atoms with E-state index >= 15 is 0 Å². The second-order valence-electron chi connectivity index (χ2n) is 4.14. The topological polar surface area (TPSA) is 50.1 Å². The van der Waals surface area contributed by atoms with E-state index < -0.39 is 5.92 Å². The fourth-order valence-corrected chi connectivity index (χ4v) is 1.63. The molecule has 0 aliphatic rings. The van der Waals surface area contributed by atoms with Gasteiger partial charge in [0.1, 0.15) is 11.7 Å². The number of carbonyl (C=O) groups is 1. The van der Waals surface area contributed by atoms with Crippen LogP contribution in [-0.2, 0) is 0 Å². The molecule has 0 N–H and O–H groups in total. The van der Waals surface area contributed by atoms with Crippen LogP contribution in [-0.4, -0.2) is 12.4 Å². The van der Waals surface area contributed by atoms with Crippen LogP contribution in [0, 0.1) is 23.2 Å². The van der Waals surface area contributed by atoms with Gasteiger partial charge in [0.05, 0.1) is 18.2 Å². The number of ketones is 1. The molecule has 0 spiro atoms. The second kappa shape index (κ2) is 6.05. The summed E-state index contributed by atoms with van der Waals surface area (Å²) in [5, 5.41) is 9.04. The van der Waals surface area contributed by atoms with E-state index in [1.54, 1.807) is 18.2 Å². The lowest BCUT2D eigenvalue weighted by Gasteiger charge is -2.14. The van der Waals surface area contributed by atoms with E-state index in [9.17, 15) is 4.79 Å². The van der Waals surface area contributed by atoms with Crippen molar-refractivity contribution in [3.05, 3.63) is 29.8 Å². The molecule has 0 aliphatic heterocycles. The number of nitrogens with zero attached hydrogens (tertiary/aromatic N) is 1. The van der Waals surface area contributed by atoms with Crippen molar-refractivity contribution in [3.63, 3.8) is 0 Å². The van der Waals surface area contributed by atoms with Crippen LogP contribution in [0.2, 0.25) is 0 Å². The maximum Gasteiger partial charge on any atom is 0.183 e. The first kappa shape index (κ1) is 13.2. The Balaban J connectivity index is 3.07. The predicted molar refractivity (Wildman–Crippen MR) is 65.9 cm³/mol. The van der Waals surface area contributed by atoms with Gasteiger partial charge in [0.15, 0.2) is 5.78 Å². The monoisotopic (exact) mass is 231 g/mol. The van der Waals surface area contributed by atoms with Crippen LogP contribution in [0.25, 0.3) is 0 Å². The van der Waals surface area contributed by atoms with Crippen LogP contribution in [0.4, 0.5) is 0 Å². The highest BCUT2D eigenvalue weighted by atomic mass is 16.5. The molecule has 1 unspecified atom stereocenters. The van der Waals surface area contributed by atoms with Gasteiger partial charge in [0, 0.05) is 0 Å². The van der Waals surface area contributed by atoms with E-state index in [2.05, 4.69) is 6.07 Å². The van der Waals surface area contributed by atoms with Gasteiger partial charge >= 0.3 is 0 Å². The Labute approximate surface area is 102 Å². The number of hydrogen-bond donors (Lipinski definition) is 0. The average Bonchev–Trinajstić information content (AvgIpc) is 2.30. The molecule has 0 aromatic heterocycles. The van der Waals surface area contributed by atoms with Gasteiger partial charge in [-0.2, -0.15) is 5.26 Å². The fourth-order valence-electron chi connectivity index (χ4n) is 1.63. The number of hydrogen-bond acceptors (Lipinski definition) is 3. The molecule has 3 heteroatoms. The third-order valence-corrected chi connectivity index (χ3v) is 2.54. The van der Waals surface area contributed by atoms with E-state index in [-0.39, 0.29) is 11.7 Å². The van der Waals surface area contributed by atoms with Gasteiger partial charge < -0.3 is 4.74 Å². The van der Waals surface area contributed by atoms with Crippen molar-refractivity contribution in [3.8, 4) is 11.8 Å². The second-order valence-corrected chi connectivity index (χ2v) is 4.14. The summed E-state index contributed by atoms with van der Waals surface area (Å²) in [6.45, 7) is 6.11. The van der Waals surface area contributed by atoms with Gasteiger partial charge in [-0.25, -0.2) is 0 Å². The van der Waals surface area contributed by atoms with Gasteiger partial charge in [-0.05, 0) is 25.0 Å². The van der Waals surface area contributed by atoms with Gasteiger partial charge in [0.25, 0.3) is 0 Å². The van der Waals surface area contributed by atoms with Crippen molar-refractivity contribution in [2.24, 2.45) is 11.8 Å². The van der Waals surface area contributed by atoms with E-state index in [0.29, 0.717) is 17.9 Å². The summed E-state index contributed by atoms with van der Waals surface area (Å²) in [6.07, 6.45) is 0. The molecule has 0 fully saturated rings. The lowest BCUT2D eigenvalue weighted by molar-refractivity contribution is 0.0920.